The van der Waals surface area contributed by atoms with Crippen molar-refractivity contribution in [2.24, 2.45) is 0 Å². The number of hydrogen-bond donors (Lipinski definition) is 0. The maximum absolute atomic E-state index is 11.4. The van der Waals surface area contributed by atoms with E-state index in [1.807, 2.05) is 17.6 Å². The molecule has 0 fully saturated rings. The second kappa shape index (κ2) is 4.41. The lowest BCUT2D eigenvalue weighted by molar-refractivity contribution is 0.0601. The molecule has 2 rings (SSSR count). The van der Waals surface area contributed by atoms with Crippen molar-refractivity contribution in [3.8, 4) is 0 Å². The van der Waals surface area contributed by atoms with Crippen molar-refractivity contribution in [2.75, 3.05) is 7.11 Å². The van der Waals surface area contributed by atoms with Crippen LogP contribution in [0.2, 0.25) is 0 Å². The Labute approximate surface area is 98.8 Å². The highest BCUT2D eigenvalue weighted by atomic mass is 16.5. The quantitative estimate of drug-likeness (QED) is 0.601. The van der Waals surface area contributed by atoms with Crippen LogP contribution in [0.4, 0.5) is 0 Å². The number of methoxy groups -OCH3 is 1. The Morgan fingerprint density at radius 1 is 1.47 bits per heavy atom. The molecule has 1 aromatic heterocycles. The summed E-state index contributed by atoms with van der Waals surface area (Å²) in [6, 6.07) is 5.23. The van der Waals surface area contributed by atoms with Gasteiger partial charge in [-0.15, -0.1) is 0 Å². The zero-order valence-electron chi connectivity index (χ0n) is 9.77. The summed E-state index contributed by atoms with van der Waals surface area (Å²) in [6.45, 7) is 2.78. The van der Waals surface area contributed by atoms with E-state index in [9.17, 15) is 9.59 Å². The molecule has 0 N–H and O–H groups in total. The summed E-state index contributed by atoms with van der Waals surface area (Å²) in [5.41, 5.74) is 1.99. The molecule has 17 heavy (non-hydrogen) atoms. The highest BCUT2D eigenvalue weighted by Crippen LogP contribution is 2.22. The third-order valence-corrected chi connectivity index (χ3v) is 2.80. The SMILES string of the molecule is CCn1cc(C=O)c2cc(C(=O)OC)ccc21. The fourth-order valence-corrected chi connectivity index (χ4v) is 1.93. The molecule has 0 saturated carbocycles. The zero-order chi connectivity index (χ0) is 12.4. The van der Waals surface area contributed by atoms with Gasteiger partial charge in [0, 0.05) is 29.2 Å². The highest BCUT2D eigenvalue weighted by molar-refractivity contribution is 6.01. The lowest BCUT2D eigenvalue weighted by Gasteiger charge is -2.02. The molecular formula is C13H13NO3. The van der Waals surface area contributed by atoms with E-state index in [-0.39, 0.29) is 0 Å². The fourth-order valence-electron chi connectivity index (χ4n) is 1.93. The molecule has 0 aliphatic rings. The van der Waals surface area contributed by atoms with Gasteiger partial charge in [0.05, 0.1) is 12.7 Å². The minimum atomic E-state index is -0.395. The average molecular weight is 231 g/mol. The van der Waals surface area contributed by atoms with E-state index in [2.05, 4.69) is 4.74 Å². The monoisotopic (exact) mass is 231 g/mol. The van der Waals surface area contributed by atoms with Gasteiger partial charge in [-0.25, -0.2) is 4.79 Å². The van der Waals surface area contributed by atoms with Crippen LogP contribution in [-0.2, 0) is 11.3 Å². The molecular weight excluding hydrogens is 218 g/mol. The highest BCUT2D eigenvalue weighted by Gasteiger charge is 2.11. The minimum Gasteiger partial charge on any atom is -0.465 e. The second-order valence-electron chi connectivity index (χ2n) is 3.71. The number of esters is 1. The van der Waals surface area contributed by atoms with Crippen LogP contribution >= 0.6 is 0 Å². The normalized spacial score (nSPS) is 10.5. The minimum absolute atomic E-state index is 0.395. The van der Waals surface area contributed by atoms with Gasteiger partial charge in [-0.2, -0.15) is 0 Å². The molecule has 88 valence electrons. The van der Waals surface area contributed by atoms with Crippen LogP contribution in [0, 0.1) is 0 Å². The van der Waals surface area contributed by atoms with Gasteiger partial charge in [-0.1, -0.05) is 0 Å². The average Bonchev–Trinajstić information content (AvgIpc) is 2.74. The lowest BCUT2D eigenvalue weighted by atomic mass is 10.1. The van der Waals surface area contributed by atoms with Gasteiger partial charge in [-0.3, -0.25) is 4.79 Å². The zero-order valence-corrected chi connectivity index (χ0v) is 9.77. The van der Waals surface area contributed by atoms with Crippen LogP contribution < -0.4 is 0 Å². The van der Waals surface area contributed by atoms with Crippen LogP contribution in [0.5, 0.6) is 0 Å². The summed E-state index contributed by atoms with van der Waals surface area (Å²) in [7, 11) is 1.34. The van der Waals surface area contributed by atoms with E-state index < -0.39 is 5.97 Å². The number of hydrogen-bond acceptors (Lipinski definition) is 3. The molecule has 1 heterocycles. The number of carbonyl (C=O) groups is 2. The number of fused-ring (bicyclic) bond motifs is 1. The van der Waals surface area contributed by atoms with Crippen LogP contribution in [0.25, 0.3) is 10.9 Å². The summed E-state index contributed by atoms with van der Waals surface area (Å²) >= 11 is 0. The molecule has 0 aliphatic heterocycles. The Bertz CT molecular complexity index is 584. The summed E-state index contributed by atoms with van der Waals surface area (Å²) in [5, 5.41) is 0.782. The van der Waals surface area contributed by atoms with Gasteiger partial charge < -0.3 is 9.30 Å². The standard InChI is InChI=1S/C13H13NO3/c1-3-14-7-10(8-15)11-6-9(13(16)17-2)4-5-12(11)14/h4-8H,3H2,1-2H3. The summed E-state index contributed by atoms with van der Waals surface area (Å²) in [6.07, 6.45) is 2.59. The summed E-state index contributed by atoms with van der Waals surface area (Å²) in [5.74, 6) is -0.395. The predicted octanol–water partition coefficient (Wildman–Crippen LogP) is 2.26. The third-order valence-electron chi connectivity index (χ3n) is 2.80. The molecule has 0 atom stereocenters. The van der Waals surface area contributed by atoms with Crippen molar-refractivity contribution in [3.63, 3.8) is 0 Å². The Morgan fingerprint density at radius 3 is 2.82 bits per heavy atom. The first kappa shape index (κ1) is 11.4. The van der Waals surface area contributed by atoms with Gasteiger partial charge in [0.15, 0.2) is 6.29 Å². The third kappa shape index (κ3) is 1.82. The van der Waals surface area contributed by atoms with E-state index in [0.29, 0.717) is 11.1 Å². The van der Waals surface area contributed by atoms with E-state index >= 15 is 0 Å². The first-order valence-corrected chi connectivity index (χ1v) is 5.37. The molecule has 0 saturated heterocycles. The molecule has 0 aliphatic carbocycles. The van der Waals surface area contributed by atoms with Gasteiger partial charge in [0.2, 0.25) is 0 Å². The van der Waals surface area contributed by atoms with Crippen molar-refractivity contribution < 1.29 is 14.3 Å². The number of benzene rings is 1. The van der Waals surface area contributed by atoms with Gasteiger partial charge in [0.1, 0.15) is 0 Å². The number of aldehydes is 1. The van der Waals surface area contributed by atoms with Crippen molar-refractivity contribution in [2.45, 2.75) is 13.5 Å². The van der Waals surface area contributed by atoms with Gasteiger partial charge in [0.25, 0.3) is 0 Å². The molecule has 0 spiro atoms. The second-order valence-corrected chi connectivity index (χ2v) is 3.71. The Hall–Kier alpha value is -2.10. The first-order valence-electron chi connectivity index (χ1n) is 5.37. The van der Waals surface area contributed by atoms with Crippen LogP contribution in [0.3, 0.4) is 0 Å². The number of aryl methyl sites for hydroxylation is 1. The van der Waals surface area contributed by atoms with Gasteiger partial charge in [-0.05, 0) is 25.1 Å². The van der Waals surface area contributed by atoms with Crippen molar-refractivity contribution in [3.05, 3.63) is 35.5 Å². The van der Waals surface area contributed by atoms with E-state index in [1.165, 1.54) is 7.11 Å². The largest absolute Gasteiger partial charge is 0.465 e. The molecule has 4 nitrogen and oxygen atoms in total. The van der Waals surface area contributed by atoms with Crippen LogP contribution in [-0.4, -0.2) is 23.9 Å². The fraction of sp³-hybridized carbons (Fsp3) is 0.231. The van der Waals surface area contributed by atoms with Crippen molar-refractivity contribution in [1.82, 2.24) is 4.57 Å². The Kier molecular flexibility index (Phi) is 2.95. The Morgan fingerprint density at radius 2 is 2.24 bits per heavy atom. The van der Waals surface area contributed by atoms with Gasteiger partial charge >= 0.3 is 5.97 Å². The summed E-state index contributed by atoms with van der Waals surface area (Å²) < 4.78 is 6.63. The molecule has 0 amide bonds. The van der Waals surface area contributed by atoms with E-state index in [4.69, 9.17) is 0 Å². The number of nitrogens with zero attached hydrogens (tertiary/aromatic N) is 1. The topological polar surface area (TPSA) is 48.3 Å². The molecule has 1 aromatic carbocycles. The first-order chi connectivity index (χ1) is 8.21. The number of ether oxygens (including phenoxy) is 1. The summed E-state index contributed by atoms with van der Waals surface area (Å²) in [4.78, 5) is 22.4. The van der Waals surface area contributed by atoms with Crippen molar-refractivity contribution in [1.29, 1.82) is 0 Å². The number of rotatable bonds is 3. The van der Waals surface area contributed by atoms with Crippen LogP contribution in [0.1, 0.15) is 27.6 Å². The number of carbonyl (C=O) groups excluding carboxylic acids is 2. The molecule has 0 unspecified atom stereocenters. The van der Waals surface area contributed by atoms with E-state index in [0.717, 1.165) is 23.7 Å². The molecule has 0 bridgehead atoms. The predicted molar refractivity (Wildman–Crippen MR) is 64.3 cm³/mol. The lowest BCUT2D eigenvalue weighted by Crippen LogP contribution is -2.00. The van der Waals surface area contributed by atoms with Crippen molar-refractivity contribution >= 4 is 23.2 Å². The maximum atomic E-state index is 11.4. The maximum Gasteiger partial charge on any atom is 0.337 e. The smallest absolute Gasteiger partial charge is 0.337 e. The molecule has 4 heteroatoms. The Balaban J connectivity index is 2.67. The van der Waals surface area contributed by atoms with Crippen LogP contribution in [0.15, 0.2) is 24.4 Å². The molecule has 0 radical (unpaired) electrons. The van der Waals surface area contributed by atoms with E-state index in [1.54, 1.807) is 18.3 Å². The number of aromatic nitrogens is 1. The molecule has 2 aromatic rings.